The second-order valence-corrected chi connectivity index (χ2v) is 10.4. The van der Waals surface area contributed by atoms with Crippen LogP contribution in [-0.4, -0.2) is 4.98 Å². The molecule has 0 radical (unpaired) electrons. The number of hydrogen-bond acceptors (Lipinski definition) is 2. The second kappa shape index (κ2) is 8.85. The molecule has 0 aliphatic heterocycles. The molecule has 0 N–H and O–H groups in total. The molecule has 3 heteroatoms. The number of furan rings is 1. The first kappa shape index (κ1) is 21.1. The lowest BCUT2D eigenvalue weighted by Crippen LogP contribution is -2.30. The monoisotopic (exact) mass is 484 g/mol. The van der Waals surface area contributed by atoms with E-state index >= 15 is 0 Å². The number of aromatic nitrogens is 2. The van der Waals surface area contributed by atoms with Gasteiger partial charge in [0.15, 0.2) is 6.20 Å². The molecule has 0 spiro atoms. The van der Waals surface area contributed by atoms with Crippen LogP contribution in [0.15, 0.2) is 89.6 Å². The molecule has 3 aromatic heterocycles. The van der Waals surface area contributed by atoms with Crippen molar-refractivity contribution in [1.82, 2.24) is 4.98 Å². The van der Waals surface area contributed by atoms with Crippen LogP contribution >= 0.6 is 0 Å². The summed E-state index contributed by atoms with van der Waals surface area (Å²) in [6.45, 7) is 2.15. The Balaban J connectivity index is 1.36. The van der Waals surface area contributed by atoms with Gasteiger partial charge in [0.1, 0.15) is 18.2 Å². The predicted octanol–water partition coefficient (Wildman–Crippen LogP) is 8.65. The first-order chi connectivity index (χ1) is 18.5. The van der Waals surface area contributed by atoms with Gasteiger partial charge in [-0.1, -0.05) is 67.8 Å². The highest BCUT2D eigenvalue weighted by atomic mass is 16.3. The number of nitrogens with zero attached hydrogens (tertiary/aromatic N) is 2. The van der Waals surface area contributed by atoms with E-state index in [1.54, 1.807) is 0 Å². The van der Waals surface area contributed by atoms with Crippen LogP contribution in [0.5, 0.6) is 0 Å². The quantitative estimate of drug-likeness (QED) is 0.235. The molecule has 1 fully saturated rings. The summed E-state index contributed by atoms with van der Waals surface area (Å²) >= 11 is 0. The maximum Gasteiger partial charge on any atom is 0.217 e. The van der Waals surface area contributed by atoms with Crippen molar-refractivity contribution in [3.05, 3.63) is 96.3 Å². The Morgan fingerprint density at radius 3 is 2.51 bits per heavy atom. The fourth-order valence-corrected chi connectivity index (χ4v) is 6.00. The van der Waals surface area contributed by atoms with E-state index in [4.69, 9.17) is 10.8 Å². The number of rotatable bonds is 3. The molecule has 0 amide bonds. The molecule has 3 aromatic carbocycles. The van der Waals surface area contributed by atoms with E-state index in [1.165, 1.54) is 17.4 Å². The van der Waals surface area contributed by atoms with E-state index in [2.05, 4.69) is 97.5 Å². The Morgan fingerprint density at radius 1 is 0.865 bits per heavy atom. The van der Waals surface area contributed by atoms with E-state index in [1.807, 2.05) is 6.20 Å². The highest BCUT2D eigenvalue weighted by molar-refractivity contribution is 6.17. The Kier molecular flexibility index (Phi) is 5.05. The minimum atomic E-state index is -0.490. The van der Waals surface area contributed by atoms with Gasteiger partial charge in [0.2, 0.25) is 5.69 Å². The van der Waals surface area contributed by atoms with Crippen molar-refractivity contribution in [3.8, 4) is 22.5 Å². The average molecular weight is 485 g/mol. The van der Waals surface area contributed by atoms with Crippen LogP contribution in [-0.2, 0) is 7.05 Å². The molecule has 0 unspecified atom stereocenters. The Bertz CT molecular complexity index is 1830. The zero-order valence-corrected chi connectivity index (χ0v) is 21.4. The van der Waals surface area contributed by atoms with Crippen molar-refractivity contribution < 1.29 is 10.4 Å². The van der Waals surface area contributed by atoms with Gasteiger partial charge in [-0.3, -0.25) is 4.98 Å². The molecular formula is C34H31N2O+. The maximum atomic E-state index is 8.95. The molecule has 3 nitrogen and oxygen atoms in total. The lowest BCUT2D eigenvalue weighted by atomic mass is 9.85. The molecule has 0 atom stereocenters. The van der Waals surface area contributed by atoms with Gasteiger partial charge in [0.25, 0.3) is 0 Å². The van der Waals surface area contributed by atoms with Gasteiger partial charge < -0.3 is 4.42 Å². The van der Waals surface area contributed by atoms with Gasteiger partial charge in [-0.15, -0.1) is 0 Å². The van der Waals surface area contributed by atoms with E-state index in [9.17, 15) is 0 Å². The SMILES string of the molecule is [2H]C1(c2ccc(-c3cc[n+](C)c(-c4c(C)ccc5c4oc4c6ccccc6ccc54)c3)nc2)CCCCC1. The smallest absolute Gasteiger partial charge is 0.217 e. The third kappa shape index (κ3) is 3.72. The average Bonchev–Trinajstić information content (AvgIpc) is 3.33. The molecule has 0 bridgehead atoms. The Hall–Kier alpha value is -3.98. The summed E-state index contributed by atoms with van der Waals surface area (Å²) in [6, 6.07) is 25.7. The molecule has 1 aliphatic rings. The third-order valence-electron chi connectivity index (χ3n) is 8.07. The van der Waals surface area contributed by atoms with Crippen LogP contribution in [0.2, 0.25) is 0 Å². The summed E-state index contributed by atoms with van der Waals surface area (Å²) in [5, 5.41) is 4.59. The first-order valence-electron chi connectivity index (χ1n) is 13.8. The van der Waals surface area contributed by atoms with E-state index in [0.717, 1.165) is 81.1 Å². The number of benzene rings is 3. The van der Waals surface area contributed by atoms with Crippen molar-refractivity contribution >= 4 is 32.7 Å². The number of hydrogen-bond donors (Lipinski definition) is 0. The van der Waals surface area contributed by atoms with Gasteiger partial charge in [0.05, 0.1) is 11.3 Å². The Labute approximate surface area is 218 Å². The number of pyridine rings is 2. The van der Waals surface area contributed by atoms with Crippen LogP contribution in [0.4, 0.5) is 0 Å². The van der Waals surface area contributed by atoms with Gasteiger partial charge >= 0.3 is 0 Å². The normalized spacial score (nSPS) is 15.9. The fourth-order valence-electron chi connectivity index (χ4n) is 6.00. The van der Waals surface area contributed by atoms with Gasteiger partial charge in [0, 0.05) is 41.4 Å². The molecule has 7 rings (SSSR count). The summed E-state index contributed by atoms with van der Waals surface area (Å²) < 4.78 is 17.8. The minimum absolute atomic E-state index is 0.490. The van der Waals surface area contributed by atoms with Crippen molar-refractivity contribution in [1.29, 1.82) is 0 Å². The lowest BCUT2D eigenvalue weighted by molar-refractivity contribution is -0.660. The zero-order chi connectivity index (χ0) is 25.9. The fraction of sp³-hybridized carbons (Fsp3) is 0.235. The topological polar surface area (TPSA) is 29.9 Å². The standard InChI is InChI=1S/C34H31N2O/c1-22-12-15-29-28-16-13-24-10-6-7-11-27(24)33(28)37-34(29)32(22)31-20-25(18-19-36(31)2)30-17-14-26(21-35-30)23-8-4-3-5-9-23/h6-7,10-21,23H,3-5,8-9H2,1-2H3/q+1/i23D. The van der Waals surface area contributed by atoms with E-state index in [0.29, 0.717) is 0 Å². The van der Waals surface area contributed by atoms with Crippen molar-refractivity contribution in [2.45, 2.75) is 44.9 Å². The predicted molar refractivity (Wildman–Crippen MR) is 152 cm³/mol. The first-order valence-corrected chi connectivity index (χ1v) is 13.3. The summed E-state index contributed by atoms with van der Waals surface area (Å²) in [4.78, 5) is 4.83. The molecule has 1 saturated carbocycles. The van der Waals surface area contributed by atoms with Gasteiger partial charge in [-0.05, 0) is 54.3 Å². The molecular weight excluding hydrogens is 452 g/mol. The van der Waals surface area contributed by atoms with Gasteiger partial charge in [-0.25, -0.2) is 4.57 Å². The highest BCUT2D eigenvalue weighted by Gasteiger charge is 2.22. The summed E-state index contributed by atoms with van der Waals surface area (Å²) in [7, 11) is 2.08. The lowest BCUT2D eigenvalue weighted by Gasteiger charge is -2.21. The molecule has 6 aromatic rings. The largest absolute Gasteiger partial charge is 0.454 e. The summed E-state index contributed by atoms with van der Waals surface area (Å²) in [5.41, 5.74) is 8.25. The molecule has 1 aliphatic carbocycles. The molecule has 3 heterocycles. The maximum absolute atomic E-state index is 8.95. The summed E-state index contributed by atoms with van der Waals surface area (Å²) in [6.07, 6.45) is 9.38. The van der Waals surface area contributed by atoms with E-state index < -0.39 is 5.89 Å². The number of aryl methyl sites for hydroxylation is 2. The number of fused-ring (bicyclic) bond motifs is 5. The van der Waals surface area contributed by atoms with Crippen molar-refractivity contribution in [3.63, 3.8) is 0 Å². The summed E-state index contributed by atoms with van der Waals surface area (Å²) in [5.74, 6) is -0.490. The van der Waals surface area contributed by atoms with Crippen molar-refractivity contribution in [2.75, 3.05) is 0 Å². The van der Waals surface area contributed by atoms with Crippen LogP contribution in [0.1, 0.15) is 50.5 Å². The Morgan fingerprint density at radius 2 is 1.68 bits per heavy atom. The van der Waals surface area contributed by atoms with Crippen LogP contribution in [0.3, 0.4) is 0 Å². The third-order valence-corrected chi connectivity index (χ3v) is 8.07. The molecule has 37 heavy (non-hydrogen) atoms. The highest BCUT2D eigenvalue weighted by Crippen LogP contribution is 2.40. The van der Waals surface area contributed by atoms with Gasteiger partial charge in [-0.2, -0.15) is 0 Å². The van der Waals surface area contributed by atoms with Crippen LogP contribution in [0, 0.1) is 6.92 Å². The van der Waals surface area contributed by atoms with Crippen molar-refractivity contribution in [2.24, 2.45) is 7.05 Å². The second-order valence-electron chi connectivity index (χ2n) is 10.4. The molecule has 0 saturated heterocycles. The van der Waals surface area contributed by atoms with Crippen LogP contribution in [0.25, 0.3) is 55.2 Å². The molecule has 182 valence electrons. The zero-order valence-electron chi connectivity index (χ0n) is 22.4. The van der Waals surface area contributed by atoms with Crippen LogP contribution < -0.4 is 4.57 Å². The van der Waals surface area contributed by atoms with E-state index in [-0.39, 0.29) is 0 Å². The minimum Gasteiger partial charge on any atom is -0.454 e.